The zero-order valence-corrected chi connectivity index (χ0v) is 14.0. The third-order valence-corrected chi connectivity index (χ3v) is 4.79. The van der Waals surface area contributed by atoms with Gasteiger partial charge in [0.1, 0.15) is 5.69 Å². The number of likely N-dealkylation sites (tertiary alicyclic amines) is 1. The van der Waals surface area contributed by atoms with Crippen molar-refractivity contribution < 1.29 is 13.2 Å². The molecule has 0 atom stereocenters. The fourth-order valence-electron chi connectivity index (χ4n) is 3.57. The molecule has 2 aromatic carbocycles. The molecule has 0 unspecified atom stereocenters. The molecule has 3 nitrogen and oxygen atoms in total. The molecule has 3 aromatic rings. The van der Waals surface area contributed by atoms with Gasteiger partial charge in [-0.05, 0) is 17.2 Å². The maximum absolute atomic E-state index is 13.1. The van der Waals surface area contributed by atoms with Crippen LogP contribution in [0.3, 0.4) is 0 Å². The number of hydrogen-bond donors (Lipinski definition) is 0. The summed E-state index contributed by atoms with van der Waals surface area (Å²) in [4.78, 5) is 2.19. The Morgan fingerprint density at radius 3 is 1.88 bits per heavy atom. The minimum absolute atomic E-state index is 0.0264. The molecule has 0 bridgehead atoms. The molecular formula is C20H18F3N3. The van der Waals surface area contributed by atoms with Gasteiger partial charge in [0.15, 0.2) is 0 Å². The Bertz CT molecular complexity index is 813. The highest BCUT2D eigenvalue weighted by molar-refractivity contribution is 5.32. The lowest BCUT2D eigenvalue weighted by Crippen LogP contribution is -2.50. The van der Waals surface area contributed by atoms with Gasteiger partial charge in [-0.3, -0.25) is 9.58 Å². The highest BCUT2D eigenvalue weighted by atomic mass is 19.4. The second-order valence-corrected chi connectivity index (χ2v) is 6.49. The predicted octanol–water partition coefficient (Wildman–Crippen LogP) is 4.55. The minimum atomic E-state index is -4.38. The van der Waals surface area contributed by atoms with Crippen LogP contribution in [-0.4, -0.2) is 27.8 Å². The second kappa shape index (κ2) is 6.61. The molecule has 0 aliphatic carbocycles. The van der Waals surface area contributed by atoms with Gasteiger partial charge < -0.3 is 0 Å². The Morgan fingerprint density at radius 1 is 0.846 bits per heavy atom. The lowest BCUT2D eigenvalue weighted by Gasteiger charge is -2.45. The third kappa shape index (κ3) is 3.12. The molecule has 1 aromatic heterocycles. The van der Waals surface area contributed by atoms with Crippen molar-refractivity contribution in [2.45, 2.75) is 18.3 Å². The molecule has 6 heteroatoms. The maximum atomic E-state index is 13.1. The summed E-state index contributed by atoms with van der Waals surface area (Å²) >= 11 is 0. The number of halogens is 3. The smallest absolute Gasteiger partial charge is 0.288 e. The van der Waals surface area contributed by atoms with Crippen LogP contribution in [0.25, 0.3) is 0 Å². The molecule has 4 rings (SSSR count). The van der Waals surface area contributed by atoms with Gasteiger partial charge in [-0.25, -0.2) is 0 Å². The lowest BCUT2D eigenvalue weighted by atomic mass is 9.93. The van der Waals surface area contributed by atoms with E-state index in [0.29, 0.717) is 13.1 Å². The van der Waals surface area contributed by atoms with E-state index in [1.807, 2.05) is 36.4 Å². The van der Waals surface area contributed by atoms with Gasteiger partial charge in [0.2, 0.25) is 0 Å². The summed E-state index contributed by atoms with van der Waals surface area (Å²) in [6.45, 7) is 1.05. The van der Waals surface area contributed by atoms with E-state index in [-0.39, 0.29) is 12.1 Å². The molecule has 0 saturated carbocycles. The molecule has 0 radical (unpaired) electrons. The Balaban J connectivity index is 1.58. The van der Waals surface area contributed by atoms with E-state index in [1.54, 1.807) is 0 Å². The van der Waals surface area contributed by atoms with Crippen LogP contribution in [0.5, 0.6) is 0 Å². The standard InChI is InChI=1S/C20H18F3N3/c21-20(22,23)18-11-12-24-26(18)17-13-25(14-17)19(15-7-3-1-4-8-15)16-9-5-2-6-10-16/h1-12,17,19H,13-14H2. The van der Waals surface area contributed by atoms with Crippen molar-refractivity contribution in [3.05, 3.63) is 89.7 Å². The average Bonchev–Trinajstić information content (AvgIpc) is 3.08. The normalized spacial score (nSPS) is 16.0. The Hall–Kier alpha value is -2.60. The monoisotopic (exact) mass is 357 g/mol. The van der Waals surface area contributed by atoms with Gasteiger partial charge in [-0.2, -0.15) is 18.3 Å². The summed E-state index contributed by atoms with van der Waals surface area (Å²) in [7, 11) is 0. The predicted molar refractivity (Wildman–Crippen MR) is 92.6 cm³/mol. The van der Waals surface area contributed by atoms with Crippen LogP contribution < -0.4 is 0 Å². The molecule has 1 fully saturated rings. The second-order valence-electron chi connectivity index (χ2n) is 6.49. The summed E-state index contributed by atoms with van der Waals surface area (Å²) in [5.74, 6) is 0. The van der Waals surface area contributed by atoms with Crippen LogP contribution in [0.2, 0.25) is 0 Å². The van der Waals surface area contributed by atoms with Gasteiger partial charge in [0.25, 0.3) is 0 Å². The molecule has 0 N–H and O–H groups in total. The Labute approximate surface area is 149 Å². The van der Waals surface area contributed by atoms with Crippen molar-refractivity contribution in [3.63, 3.8) is 0 Å². The van der Waals surface area contributed by atoms with Crippen LogP contribution in [-0.2, 0) is 6.18 Å². The van der Waals surface area contributed by atoms with E-state index >= 15 is 0 Å². The Morgan fingerprint density at radius 2 is 1.38 bits per heavy atom. The highest BCUT2D eigenvalue weighted by Gasteiger charge is 2.41. The van der Waals surface area contributed by atoms with Crippen LogP contribution in [0, 0.1) is 0 Å². The van der Waals surface area contributed by atoms with Crippen molar-refractivity contribution in [1.82, 2.24) is 14.7 Å². The van der Waals surface area contributed by atoms with E-state index in [2.05, 4.69) is 34.3 Å². The molecule has 1 aliphatic rings. The van der Waals surface area contributed by atoms with Crippen LogP contribution in [0.15, 0.2) is 72.9 Å². The maximum Gasteiger partial charge on any atom is 0.433 e. The first-order valence-electron chi connectivity index (χ1n) is 8.48. The molecule has 1 saturated heterocycles. The fourth-order valence-corrected chi connectivity index (χ4v) is 3.57. The first kappa shape index (κ1) is 16.8. The van der Waals surface area contributed by atoms with Crippen LogP contribution in [0.1, 0.15) is 28.9 Å². The summed E-state index contributed by atoms with van der Waals surface area (Å²) < 4.78 is 40.5. The quantitative estimate of drug-likeness (QED) is 0.683. The SMILES string of the molecule is FC(F)(F)c1ccnn1C1CN(C(c2ccccc2)c2ccccc2)C1. The van der Waals surface area contributed by atoms with Crippen LogP contribution >= 0.6 is 0 Å². The number of alkyl halides is 3. The van der Waals surface area contributed by atoms with Crippen LogP contribution in [0.4, 0.5) is 13.2 Å². The molecule has 2 heterocycles. The first-order valence-corrected chi connectivity index (χ1v) is 8.48. The Kier molecular flexibility index (Phi) is 4.28. The average molecular weight is 357 g/mol. The molecule has 0 amide bonds. The van der Waals surface area contributed by atoms with Crippen molar-refractivity contribution in [2.24, 2.45) is 0 Å². The zero-order valence-electron chi connectivity index (χ0n) is 14.0. The van der Waals surface area contributed by atoms with E-state index in [4.69, 9.17) is 0 Å². The summed E-state index contributed by atoms with van der Waals surface area (Å²) in [6.07, 6.45) is -3.16. The van der Waals surface area contributed by atoms with E-state index in [1.165, 1.54) is 6.20 Å². The van der Waals surface area contributed by atoms with Crippen molar-refractivity contribution in [2.75, 3.05) is 13.1 Å². The molecular weight excluding hydrogens is 339 g/mol. The molecule has 0 spiro atoms. The van der Waals surface area contributed by atoms with Crippen molar-refractivity contribution in [1.29, 1.82) is 0 Å². The number of aromatic nitrogens is 2. The van der Waals surface area contributed by atoms with Gasteiger partial charge in [-0.1, -0.05) is 60.7 Å². The van der Waals surface area contributed by atoms with Crippen molar-refractivity contribution >= 4 is 0 Å². The third-order valence-electron chi connectivity index (χ3n) is 4.79. The fraction of sp³-hybridized carbons (Fsp3) is 0.250. The van der Waals surface area contributed by atoms with Gasteiger partial charge in [0, 0.05) is 19.3 Å². The summed E-state index contributed by atoms with van der Waals surface area (Å²) in [5.41, 5.74) is 1.58. The van der Waals surface area contributed by atoms with E-state index < -0.39 is 11.9 Å². The summed E-state index contributed by atoms with van der Waals surface area (Å²) in [6, 6.07) is 20.9. The number of nitrogens with zero attached hydrogens (tertiary/aromatic N) is 3. The van der Waals surface area contributed by atoms with Gasteiger partial charge >= 0.3 is 6.18 Å². The summed E-state index contributed by atoms with van der Waals surface area (Å²) in [5, 5.41) is 3.91. The number of benzene rings is 2. The molecule has 26 heavy (non-hydrogen) atoms. The largest absolute Gasteiger partial charge is 0.433 e. The number of rotatable bonds is 4. The van der Waals surface area contributed by atoms with E-state index in [9.17, 15) is 13.2 Å². The first-order chi connectivity index (χ1) is 12.5. The van der Waals surface area contributed by atoms with Gasteiger partial charge in [0.05, 0.1) is 12.1 Å². The van der Waals surface area contributed by atoms with Gasteiger partial charge in [-0.15, -0.1) is 0 Å². The number of hydrogen-bond acceptors (Lipinski definition) is 2. The van der Waals surface area contributed by atoms with Crippen molar-refractivity contribution in [3.8, 4) is 0 Å². The minimum Gasteiger partial charge on any atom is -0.288 e. The zero-order chi connectivity index (χ0) is 18.1. The lowest BCUT2D eigenvalue weighted by molar-refractivity contribution is -0.146. The molecule has 134 valence electrons. The molecule has 1 aliphatic heterocycles. The van der Waals surface area contributed by atoms with E-state index in [0.717, 1.165) is 21.9 Å². The topological polar surface area (TPSA) is 21.1 Å². The highest BCUT2D eigenvalue weighted by Crippen LogP contribution is 2.38.